The maximum atomic E-state index is 7.04. The monoisotopic (exact) mass is 448 g/mol. The van der Waals surface area contributed by atoms with Gasteiger partial charge in [-0.3, -0.25) is 0 Å². The second kappa shape index (κ2) is 9.98. The molecule has 1 atom stereocenters. The Kier molecular flexibility index (Phi) is 6.85. The summed E-state index contributed by atoms with van der Waals surface area (Å²) in [6.07, 6.45) is 13.8. The molecule has 0 spiro atoms. The van der Waals surface area contributed by atoms with Gasteiger partial charge >= 0.3 is 0 Å². The lowest BCUT2D eigenvalue weighted by Gasteiger charge is -2.51. The fraction of sp³-hybridized carbons (Fsp3) is 0.607. The summed E-state index contributed by atoms with van der Waals surface area (Å²) >= 11 is 2.03. The van der Waals surface area contributed by atoms with Crippen molar-refractivity contribution in [3.63, 3.8) is 0 Å². The zero-order valence-electron chi connectivity index (χ0n) is 19.2. The van der Waals surface area contributed by atoms with Crippen molar-refractivity contribution in [2.45, 2.75) is 69.6 Å². The summed E-state index contributed by atoms with van der Waals surface area (Å²) < 4.78 is 5.90. The number of rotatable bonds is 7. The minimum atomic E-state index is 0.483. The number of aryl methyl sites for hydroxylation is 1. The highest BCUT2D eigenvalue weighted by atomic mass is 32.1. The molecule has 0 bridgehead atoms. The number of benzene rings is 1. The van der Waals surface area contributed by atoms with Crippen molar-refractivity contribution in [3.8, 4) is 5.75 Å². The lowest BCUT2D eigenvalue weighted by Crippen LogP contribution is -2.48. The molecule has 1 aliphatic heterocycles. The zero-order valence-corrected chi connectivity index (χ0v) is 20.0. The Labute approximate surface area is 197 Å². The Morgan fingerprint density at radius 3 is 2.50 bits per heavy atom. The normalized spacial score (nSPS) is 24.8. The molecule has 3 nitrogen and oxygen atoms in total. The first-order valence-electron chi connectivity index (χ1n) is 12.7. The molecule has 170 valence electrons. The Hall–Kier alpha value is -1.83. The van der Waals surface area contributed by atoms with Crippen molar-refractivity contribution >= 4 is 17.0 Å². The summed E-state index contributed by atoms with van der Waals surface area (Å²) in [5.74, 6) is 2.67. The second-order valence-electron chi connectivity index (χ2n) is 10.1. The third kappa shape index (κ3) is 4.35. The molecule has 1 saturated carbocycles. The number of hydrogen-bond donors (Lipinski definition) is 0. The van der Waals surface area contributed by atoms with E-state index in [2.05, 4.69) is 21.2 Å². The number of likely N-dealkylation sites (tertiary alicyclic amines) is 1. The molecule has 3 aliphatic rings. The SMILES string of the molecule is [C-]#[N+]c1ccc(OCCCN2CCC(C3(C4CCCC4)CCCc4sccc43)CC2)cc1. The molecule has 1 aromatic carbocycles. The fourth-order valence-corrected chi connectivity index (χ4v) is 8.03. The van der Waals surface area contributed by atoms with E-state index in [1.165, 1.54) is 70.9 Å². The molecule has 5 rings (SSSR count). The first kappa shape index (κ1) is 22.0. The number of thiophene rings is 1. The van der Waals surface area contributed by atoms with Crippen molar-refractivity contribution in [2.75, 3.05) is 26.2 Å². The molecule has 0 amide bonds. The van der Waals surface area contributed by atoms with Gasteiger partial charge in [0.05, 0.1) is 13.2 Å². The van der Waals surface area contributed by atoms with E-state index >= 15 is 0 Å². The third-order valence-electron chi connectivity index (χ3n) is 8.49. The number of piperidine rings is 1. The summed E-state index contributed by atoms with van der Waals surface area (Å²) in [5.41, 5.74) is 2.93. The summed E-state index contributed by atoms with van der Waals surface area (Å²) in [5, 5.41) is 2.38. The molecular weight excluding hydrogens is 412 g/mol. The van der Waals surface area contributed by atoms with Crippen LogP contribution in [-0.4, -0.2) is 31.1 Å². The van der Waals surface area contributed by atoms with Crippen molar-refractivity contribution < 1.29 is 4.74 Å². The molecule has 2 heterocycles. The second-order valence-corrected chi connectivity index (χ2v) is 11.1. The van der Waals surface area contributed by atoms with E-state index in [1.807, 2.05) is 35.6 Å². The highest BCUT2D eigenvalue weighted by Gasteiger charge is 2.50. The van der Waals surface area contributed by atoms with Gasteiger partial charge in [0.15, 0.2) is 5.69 Å². The van der Waals surface area contributed by atoms with Crippen LogP contribution in [0, 0.1) is 18.4 Å². The average Bonchev–Trinajstić information content (AvgIpc) is 3.55. The van der Waals surface area contributed by atoms with Crippen molar-refractivity contribution in [2.24, 2.45) is 11.8 Å². The van der Waals surface area contributed by atoms with E-state index in [4.69, 9.17) is 11.3 Å². The van der Waals surface area contributed by atoms with E-state index in [0.29, 0.717) is 11.1 Å². The van der Waals surface area contributed by atoms with Crippen molar-refractivity contribution in [1.82, 2.24) is 4.90 Å². The molecule has 0 radical (unpaired) electrons. The molecule has 0 N–H and O–H groups in total. The van der Waals surface area contributed by atoms with E-state index in [-0.39, 0.29) is 0 Å². The molecule has 2 aromatic rings. The minimum Gasteiger partial charge on any atom is -0.494 e. The smallest absolute Gasteiger partial charge is 0.187 e. The Balaban J connectivity index is 1.15. The summed E-state index contributed by atoms with van der Waals surface area (Å²) in [7, 11) is 0. The largest absolute Gasteiger partial charge is 0.494 e. The van der Waals surface area contributed by atoms with Crippen LogP contribution in [0.15, 0.2) is 35.7 Å². The maximum Gasteiger partial charge on any atom is 0.187 e. The Morgan fingerprint density at radius 2 is 1.75 bits per heavy atom. The van der Waals surface area contributed by atoms with E-state index < -0.39 is 0 Å². The van der Waals surface area contributed by atoms with Crippen LogP contribution >= 0.6 is 11.3 Å². The van der Waals surface area contributed by atoms with E-state index in [0.717, 1.165) is 37.2 Å². The summed E-state index contributed by atoms with van der Waals surface area (Å²) in [6.45, 7) is 11.4. The van der Waals surface area contributed by atoms with Crippen LogP contribution in [0.4, 0.5) is 5.69 Å². The van der Waals surface area contributed by atoms with Crippen LogP contribution in [0.1, 0.15) is 68.2 Å². The van der Waals surface area contributed by atoms with Crippen LogP contribution in [0.2, 0.25) is 0 Å². The quantitative estimate of drug-likeness (QED) is 0.328. The molecular formula is C28H36N2OS. The van der Waals surface area contributed by atoms with Gasteiger partial charge < -0.3 is 9.64 Å². The van der Waals surface area contributed by atoms with Gasteiger partial charge in [0.2, 0.25) is 0 Å². The molecule has 2 fully saturated rings. The van der Waals surface area contributed by atoms with Gasteiger partial charge in [0.25, 0.3) is 0 Å². The molecule has 2 aliphatic carbocycles. The van der Waals surface area contributed by atoms with Gasteiger partial charge in [-0.05, 0) is 105 Å². The Bertz CT molecular complexity index is 916. The van der Waals surface area contributed by atoms with Crippen LogP contribution in [-0.2, 0) is 11.8 Å². The van der Waals surface area contributed by atoms with Crippen LogP contribution in [0.5, 0.6) is 5.75 Å². The standard InChI is InChI=1S/C28H36N2OS/c1-29-24-9-11-25(12-10-24)31-20-5-17-30-18-13-23(14-19-30)28(22-6-2-3-7-22)16-4-8-27-26(28)15-21-32-27/h9-12,15,21-23H,2-8,13-14,16-20H2. The average molecular weight is 449 g/mol. The van der Waals surface area contributed by atoms with Gasteiger partial charge in [-0.25, -0.2) is 4.85 Å². The first-order chi connectivity index (χ1) is 15.8. The van der Waals surface area contributed by atoms with Gasteiger partial charge in [-0.15, -0.1) is 11.3 Å². The predicted molar refractivity (Wildman–Crippen MR) is 133 cm³/mol. The van der Waals surface area contributed by atoms with Crippen molar-refractivity contribution in [3.05, 3.63) is 57.6 Å². The first-order valence-corrected chi connectivity index (χ1v) is 13.6. The molecule has 1 aromatic heterocycles. The fourth-order valence-electron chi connectivity index (χ4n) is 7.01. The number of fused-ring (bicyclic) bond motifs is 1. The minimum absolute atomic E-state index is 0.483. The van der Waals surface area contributed by atoms with Crippen LogP contribution in [0.25, 0.3) is 4.85 Å². The Morgan fingerprint density at radius 1 is 1.00 bits per heavy atom. The summed E-state index contributed by atoms with van der Waals surface area (Å²) in [6, 6.07) is 10.00. The highest BCUT2D eigenvalue weighted by Crippen LogP contribution is 2.56. The molecule has 1 saturated heterocycles. The number of hydrogen-bond acceptors (Lipinski definition) is 3. The number of nitrogens with zero attached hydrogens (tertiary/aromatic N) is 2. The topological polar surface area (TPSA) is 16.8 Å². The van der Waals surface area contributed by atoms with Crippen LogP contribution in [0.3, 0.4) is 0 Å². The van der Waals surface area contributed by atoms with E-state index in [9.17, 15) is 0 Å². The van der Waals surface area contributed by atoms with Crippen molar-refractivity contribution in [1.29, 1.82) is 0 Å². The molecule has 32 heavy (non-hydrogen) atoms. The number of ether oxygens (including phenoxy) is 1. The lowest BCUT2D eigenvalue weighted by molar-refractivity contribution is 0.0718. The van der Waals surface area contributed by atoms with Gasteiger partial charge in [0.1, 0.15) is 5.75 Å². The molecule has 1 unspecified atom stereocenters. The van der Waals surface area contributed by atoms with Gasteiger partial charge in [0, 0.05) is 16.8 Å². The van der Waals surface area contributed by atoms with Gasteiger partial charge in [-0.1, -0.05) is 25.0 Å². The maximum absolute atomic E-state index is 7.04. The predicted octanol–water partition coefficient (Wildman–Crippen LogP) is 7.24. The van der Waals surface area contributed by atoms with Gasteiger partial charge in [-0.2, -0.15) is 0 Å². The third-order valence-corrected chi connectivity index (χ3v) is 9.47. The summed E-state index contributed by atoms with van der Waals surface area (Å²) in [4.78, 5) is 7.82. The zero-order chi connectivity index (χ0) is 21.8. The highest BCUT2D eigenvalue weighted by molar-refractivity contribution is 7.10. The molecule has 4 heteroatoms. The lowest BCUT2D eigenvalue weighted by atomic mass is 9.55. The van der Waals surface area contributed by atoms with E-state index in [1.54, 1.807) is 10.4 Å². The van der Waals surface area contributed by atoms with Crippen LogP contribution < -0.4 is 4.74 Å².